The Morgan fingerprint density at radius 1 is 1.37 bits per heavy atom. The normalized spacial score (nSPS) is 19.1. The fraction of sp³-hybridized carbons (Fsp3) is 0.429. The number of para-hydroxylation sites is 1. The van der Waals surface area contributed by atoms with Gasteiger partial charge >= 0.3 is 0 Å². The zero-order valence-corrected chi connectivity index (χ0v) is 11.2. The van der Waals surface area contributed by atoms with Gasteiger partial charge in [0.2, 0.25) is 11.8 Å². The maximum absolute atomic E-state index is 11.8. The minimum Gasteiger partial charge on any atom is -0.494 e. The van der Waals surface area contributed by atoms with E-state index in [1.807, 2.05) is 31.2 Å². The third kappa shape index (κ3) is 2.93. The van der Waals surface area contributed by atoms with Crippen molar-refractivity contribution in [3.05, 3.63) is 29.8 Å². The molecule has 19 heavy (non-hydrogen) atoms. The Labute approximate surface area is 112 Å². The van der Waals surface area contributed by atoms with Gasteiger partial charge < -0.3 is 10.1 Å². The summed E-state index contributed by atoms with van der Waals surface area (Å²) in [5, 5.41) is 3.12. The van der Waals surface area contributed by atoms with Crippen LogP contribution in [0.25, 0.3) is 0 Å². The molecule has 1 heterocycles. The molecule has 1 atom stereocenters. The minimum atomic E-state index is -0.424. The molecule has 1 aliphatic rings. The predicted octanol–water partition coefficient (Wildman–Crippen LogP) is 0.932. The third-order valence-corrected chi connectivity index (χ3v) is 3.19. The molecule has 0 spiro atoms. The average molecular weight is 262 g/mol. The standard InChI is InChI=1S/C14H18N2O3/c1-3-19-12-7-5-4-6-10(12)9-15-11-8-13(17)16(2)14(11)18/h4-7,11,15H,3,8-9H2,1-2H3. The van der Waals surface area contributed by atoms with Crippen molar-refractivity contribution >= 4 is 11.8 Å². The zero-order chi connectivity index (χ0) is 13.8. The van der Waals surface area contributed by atoms with E-state index in [0.29, 0.717) is 13.2 Å². The highest BCUT2D eigenvalue weighted by Gasteiger charge is 2.35. The number of ether oxygens (including phenoxy) is 1. The number of nitrogens with one attached hydrogen (secondary N) is 1. The van der Waals surface area contributed by atoms with Crippen LogP contribution in [0, 0.1) is 0 Å². The quantitative estimate of drug-likeness (QED) is 0.802. The third-order valence-electron chi connectivity index (χ3n) is 3.19. The molecule has 1 fully saturated rings. The molecule has 5 heteroatoms. The lowest BCUT2D eigenvalue weighted by molar-refractivity contribution is -0.137. The summed E-state index contributed by atoms with van der Waals surface area (Å²) < 4.78 is 5.52. The van der Waals surface area contributed by atoms with Crippen LogP contribution in [-0.2, 0) is 16.1 Å². The van der Waals surface area contributed by atoms with Crippen molar-refractivity contribution in [2.24, 2.45) is 0 Å². The molecule has 0 saturated carbocycles. The molecule has 0 aliphatic carbocycles. The first-order chi connectivity index (χ1) is 9.13. The molecular weight excluding hydrogens is 244 g/mol. The molecule has 1 saturated heterocycles. The monoisotopic (exact) mass is 262 g/mol. The first-order valence-electron chi connectivity index (χ1n) is 6.38. The van der Waals surface area contributed by atoms with Gasteiger partial charge in [0.1, 0.15) is 5.75 Å². The van der Waals surface area contributed by atoms with Gasteiger partial charge in [-0.2, -0.15) is 0 Å². The number of hydrogen-bond donors (Lipinski definition) is 1. The smallest absolute Gasteiger partial charge is 0.246 e. The first-order valence-corrected chi connectivity index (χ1v) is 6.38. The zero-order valence-electron chi connectivity index (χ0n) is 11.2. The highest BCUT2D eigenvalue weighted by molar-refractivity contribution is 6.05. The molecule has 1 aromatic carbocycles. The molecule has 1 aromatic rings. The van der Waals surface area contributed by atoms with Crippen LogP contribution >= 0.6 is 0 Å². The molecule has 0 radical (unpaired) electrons. The van der Waals surface area contributed by atoms with Gasteiger partial charge in [-0.3, -0.25) is 14.5 Å². The summed E-state index contributed by atoms with van der Waals surface area (Å²) in [6, 6.07) is 7.25. The topological polar surface area (TPSA) is 58.6 Å². The Balaban J connectivity index is 2.00. The summed E-state index contributed by atoms with van der Waals surface area (Å²) in [5.74, 6) is 0.502. The van der Waals surface area contributed by atoms with Crippen LogP contribution in [0.2, 0.25) is 0 Å². The second-order valence-corrected chi connectivity index (χ2v) is 4.47. The van der Waals surface area contributed by atoms with E-state index >= 15 is 0 Å². The Kier molecular flexibility index (Phi) is 4.16. The number of benzene rings is 1. The number of carbonyl (C=O) groups is 2. The van der Waals surface area contributed by atoms with Gasteiger partial charge in [-0.25, -0.2) is 0 Å². The van der Waals surface area contributed by atoms with Gasteiger partial charge in [0.05, 0.1) is 19.1 Å². The highest BCUT2D eigenvalue weighted by Crippen LogP contribution is 2.19. The van der Waals surface area contributed by atoms with Crippen molar-refractivity contribution < 1.29 is 14.3 Å². The van der Waals surface area contributed by atoms with E-state index in [4.69, 9.17) is 4.74 Å². The lowest BCUT2D eigenvalue weighted by Crippen LogP contribution is -2.36. The van der Waals surface area contributed by atoms with E-state index < -0.39 is 6.04 Å². The second kappa shape index (κ2) is 5.84. The second-order valence-electron chi connectivity index (χ2n) is 4.47. The number of hydrogen-bond acceptors (Lipinski definition) is 4. The lowest BCUT2D eigenvalue weighted by Gasteiger charge is -2.13. The molecule has 1 unspecified atom stereocenters. The van der Waals surface area contributed by atoms with Gasteiger partial charge in [-0.05, 0) is 13.0 Å². The Hall–Kier alpha value is -1.88. The molecule has 2 rings (SSSR count). The van der Waals surface area contributed by atoms with Crippen LogP contribution in [-0.4, -0.2) is 36.4 Å². The number of carbonyl (C=O) groups excluding carboxylic acids is 2. The van der Waals surface area contributed by atoms with Crippen molar-refractivity contribution in [2.45, 2.75) is 25.9 Å². The van der Waals surface area contributed by atoms with E-state index in [1.165, 1.54) is 11.9 Å². The van der Waals surface area contributed by atoms with Crippen LogP contribution < -0.4 is 10.1 Å². The summed E-state index contributed by atoms with van der Waals surface area (Å²) >= 11 is 0. The van der Waals surface area contributed by atoms with E-state index in [9.17, 15) is 9.59 Å². The number of amides is 2. The minimum absolute atomic E-state index is 0.138. The Morgan fingerprint density at radius 2 is 2.11 bits per heavy atom. The van der Waals surface area contributed by atoms with Crippen molar-refractivity contribution in [1.82, 2.24) is 10.2 Å². The predicted molar refractivity (Wildman–Crippen MR) is 70.6 cm³/mol. The first kappa shape index (κ1) is 13.5. The van der Waals surface area contributed by atoms with E-state index in [-0.39, 0.29) is 18.2 Å². The SMILES string of the molecule is CCOc1ccccc1CNC1CC(=O)N(C)C1=O. The molecule has 0 bridgehead atoms. The largest absolute Gasteiger partial charge is 0.494 e. The Morgan fingerprint density at radius 3 is 2.74 bits per heavy atom. The lowest BCUT2D eigenvalue weighted by atomic mass is 10.1. The van der Waals surface area contributed by atoms with Crippen LogP contribution in [0.5, 0.6) is 5.75 Å². The number of rotatable bonds is 5. The number of imide groups is 1. The summed E-state index contributed by atoms with van der Waals surface area (Å²) in [6.07, 6.45) is 0.228. The average Bonchev–Trinajstić information content (AvgIpc) is 2.66. The number of likely N-dealkylation sites (N-methyl/N-ethyl adjacent to an activating group) is 1. The molecule has 0 aromatic heterocycles. The Bertz CT molecular complexity index is 487. The van der Waals surface area contributed by atoms with Crippen molar-refractivity contribution in [3.8, 4) is 5.75 Å². The molecular formula is C14H18N2O3. The van der Waals surface area contributed by atoms with Crippen LogP contribution in [0.4, 0.5) is 0 Å². The van der Waals surface area contributed by atoms with Gasteiger partial charge in [-0.1, -0.05) is 18.2 Å². The maximum Gasteiger partial charge on any atom is 0.246 e. The summed E-state index contributed by atoms with van der Waals surface area (Å²) in [4.78, 5) is 24.3. The summed E-state index contributed by atoms with van der Waals surface area (Å²) in [5.41, 5.74) is 0.985. The van der Waals surface area contributed by atoms with Crippen molar-refractivity contribution in [2.75, 3.05) is 13.7 Å². The molecule has 2 amide bonds. The molecule has 5 nitrogen and oxygen atoms in total. The molecule has 1 N–H and O–H groups in total. The summed E-state index contributed by atoms with van der Waals surface area (Å²) in [6.45, 7) is 3.03. The van der Waals surface area contributed by atoms with Gasteiger partial charge in [0.25, 0.3) is 0 Å². The van der Waals surface area contributed by atoms with Gasteiger partial charge in [0, 0.05) is 19.2 Å². The van der Waals surface area contributed by atoms with Crippen LogP contribution in [0.15, 0.2) is 24.3 Å². The molecule has 102 valence electrons. The van der Waals surface area contributed by atoms with Crippen LogP contribution in [0.3, 0.4) is 0 Å². The fourth-order valence-electron chi connectivity index (χ4n) is 2.09. The van der Waals surface area contributed by atoms with E-state index in [2.05, 4.69) is 5.32 Å². The van der Waals surface area contributed by atoms with Gasteiger partial charge in [0.15, 0.2) is 0 Å². The van der Waals surface area contributed by atoms with E-state index in [1.54, 1.807) is 0 Å². The number of likely N-dealkylation sites (tertiary alicyclic amines) is 1. The molecule has 1 aliphatic heterocycles. The van der Waals surface area contributed by atoms with Crippen molar-refractivity contribution in [1.29, 1.82) is 0 Å². The van der Waals surface area contributed by atoms with Crippen molar-refractivity contribution in [3.63, 3.8) is 0 Å². The highest BCUT2D eigenvalue weighted by atomic mass is 16.5. The maximum atomic E-state index is 11.8. The summed E-state index contributed by atoms with van der Waals surface area (Å²) in [7, 11) is 1.51. The van der Waals surface area contributed by atoms with E-state index in [0.717, 1.165) is 11.3 Å². The van der Waals surface area contributed by atoms with Crippen LogP contribution in [0.1, 0.15) is 18.9 Å². The fourth-order valence-corrected chi connectivity index (χ4v) is 2.09. The number of nitrogens with zero attached hydrogens (tertiary/aromatic N) is 1. The van der Waals surface area contributed by atoms with Gasteiger partial charge in [-0.15, -0.1) is 0 Å².